The van der Waals surface area contributed by atoms with Crippen molar-refractivity contribution < 1.29 is 9.53 Å². The van der Waals surface area contributed by atoms with Gasteiger partial charge < -0.3 is 15.4 Å². The first-order valence-corrected chi connectivity index (χ1v) is 10.0. The van der Waals surface area contributed by atoms with Crippen LogP contribution in [0.25, 0.3) is 0 Å². The van der Waals surface area contributed by atoms with Crippen molar-refractivity contribution in [1.82, 2.24) is 0 Å². The Morgan fingerprint density at radius 1 is 0.929 bits per heavy atom. The Bertz CT molecular complexity index is 968. The molecule has 4 nitrogen and oxygen atoms in total. The van der Waals surface area contributed by atoms with Gasteiger partial charge in [0.05, 0.1) is 14.5 Å². The lowest BCUT2D eigenvalue weighted by molar-refractivity contribution is -0.118. The van der Waals surface area contributed by atoms with Gasteiger partial charge in [0.2, 0.25) is 0 Å². The van der Waals surface area contributed by atoms with Crippen molar-refractivity contribution in [3.63, 3.8) is 0 Å². The van der Waals surface area contributed by atoms with E-state index in [1.165, 1.54) is 0 Å². The molecule has 28 heavy (non-hydrogen) atoms. The highest BCUT2D eigenvalue weighted by atomic mass is 79.9. The average molecular weight is 480 g/mol. The van der Waals surface area contributed by atoms with Crippen LogP contribution in [-0.4, -0.2) is 12.5 Å². The van der Waals surface area contributed by atoms with E-state index in [2.05, 4.69) is 26.6 Å². The number of ether oxygens (including phenoxy) is 1. The molecular weight excluding hydrogens is 463 g/mol. The Labute approximate surface area is 181 Å². The smallest absolute Gasteiger partial charge is 0.262 e. The number of rotatable bonds is 7. The van der Waals surface area contributed by atoms with Crippen LogP contribution in [0.2, 0.25) is 10.0 Å². The Balaban J connectivity index is 1.52. The van der Waals surface area contributed by atoms with Gasteiger partial charge >= 0.3 is 0 Å². The molecule has 0 aliphatic rings. The minimum Gasteiger partial charge on any atom is -0.483 e. The molecule has 144 valence electrons. The van der Waals surface area contributed by atoms with Gasteiger partial charge in [0.1, 0.15) is 5.75 Å². The molecule has 1 amide bonds. The molecule has 0 saturated carbocycles. The summed E-state index contributed by atoms with van der Waals surface area (Å²) >= 11 is 15.3. The van der Waals surface area contributed by atoms with E-state index in [0.29, 0.717) is 28.0 Å². The summed E-state index contributed by atoms with van der Waals surface area (Å²) < 4.78 is 6.38. The van der Waals surface area contributed by atoms with Crippen LogP contribution in [0.15, 0.2) is 71.2 Å². The summed E-state index contributed by atoms with van der Waals surface area (Å²) in [6.45, 7) is 0.557. The fraction of sp³-hybridized carbons (Fsp3) is 0.0952. The molecule has 0 radical (unpaired) electrons. The van der Waals surface area contributed by atoms with E-state index in [0.717, 1.165) is 15.7 Å². The van der Waals surface area contributed by atoms with Crippen LogP contribution in [0, 0.1) is 0 Å². The molecule has 0 atom stereocenters. The number of amides is 1. The Morgan fingerprint density at radius 2 is 1.71 bits per heavy atom. The Hall–Kier alpha value is -2.21. The van der Waals surface area contributed by atoms with Crippen LogP contribution in [0.3, 0.4) is 0 Å². The molecule has 0 unspecified atom stereocenters. The highest BCUT2D eigenvalue weighted by molar-refractivity contribution is 9.10. The van der Waals surface area contributed by atoms with Crippen LogP contribution in [0.5, 0.6) is 5.75 Å². The first-order chi connectivity index (χ1) is 13.5. The van der Waals surface area contributed by atoms with Crippen molar-refractivity contribution in [2.24, 2.45) is 0 Å². The number of hydrogen-bond donors (Lipinski definition) is 2. The van der Waals surface area contributed by atoms with Gasteiger partial charge in [0.25, 0.3) is 5.91 Å². The number of hydrogen-bond acceptors (Lipinski definition) is 3. The molecule has 0 spiro atoms. The summed E-state index contributed by atoms with van der Waals surface area (Å²) in [4.78, 5) is 12.1. The molecule has 3 rings (SSSR count). The fourth-order valence-electron chi connectivity index (χ4n) is 2.45. The van der Waals surface area contributed by atoms with Crippen molar-refractivity contribution in [3.05, 3.63) is 86.8 Å². The zero-order chi connectivity index (χ0) is 19.9. The van der Waals surface area contributed by atoms with Crippen LogP contribution in [0.1, 0.15) is 5.56 Å². The maximum absolute atomic E-state index is 12.1. The molecule has 0 bridgehead atoms. The third-order valence-electron chi connectivity index (χ3n) is 3.83. The first kappa shape index (κ1) is 20.5. The summed E-state index contributed by atoms with van der Waals surface area (Å²) in [5.41, 5.74) is 2.70. The number of nitrogens with one attached hydrogen (secondary N) is 2. The quantitative estimate of drug-likeness (QED) is 0.413. The first-order valence-electron chi connectivity index (χ1n) is 8.46. The van der Waals surface area contributed by atoms with Gasteiger partial charge in [-0.1, -0.05) is 47.5 Å². The van der Waals surface area contributed by atoms with Gasteiger partial charge in [-0.15, -0.1) is 0 Å². The molecule has 7 heteroatoms. The number of anilines is 2. The molecule has 0 saturated heterocycles. The predicted molar refractivity (Wildman–Crippen MR) is 118 cm³/mol. The van der Waals surface area contributed by atoms with Gasteiger partial charge in [0, 0.05) is 17.9 Å². The van der Waals surface area contributed by atoms with E-state index in [-0.39, 0.29) is 12.5 Å². The highest BCUT2D eigenvalue weighted by Crippen LogP contribution is 2.27. The summed E-state index contributed by atoms with van der Waals surface area (Å²) in [7, 11) is 0. The molecule has 0 aromatic heterocycles. The van der Waals surface area contributed by atoms with Gasteiger partial charge in [-0.2, -0.15) is 0 Å². The van der Waals surface area contributed by atoms with Crippen LogP contribution >= 0.6 is 39.1 Å². The number of halogens is 3. The van der Waals surface area contributed by atoms with Gasteiger partial charge in [-0.05, 0) is 64.0 Å². The zero-order valence-corrected chi connectivity index (χ0v) is 17.8. The molecule has 0 aliphatic carbocycles. The van der Waals surface area contributed by atoms with E-state index < -0.39 is 0 Å². The van der Waals surface area contributed by atoms with Crippen molar-refractivity contribution in [1.29, 1.82) is 0 Å². The van der Waals surface area contributed by atoms with E-state index in [1.54, 1.807) is 18.2 Å². The fourth-order valence-corrected chi connectivity index (χ4v) is 3.28. The van der Waals surface area contributed by atoms with E-state index in [1.807, 2.05) is 48.5 Å². The average Bonchev–Trinajstić information content (AvgIpc) is 2.69. The third-order valence-corrected chi connectivity index (χ3v) is 5.19. The van der Waals surface area contributed by atoms with E-state index in [4.69, 9.17) is 27.9 Å². The standard InChI is InChI=1S/C21H17BrCl2N2O2/c22-17-10-14(12-25-15-4-2-1-3-5-15)6-9-20(17)28-13-21(27)26-16-7-8-18(23)19(24)11-16/h1-11,25H,12-13H2,(H,26,27). The second-order valence-corrected chi connectivity index (χ2v) is 7.62. The minimum absolute atomic E-state index is 0.125. The molecule has 0 heterocycles. The second kappa shape index (κ2) is 9.82. The summed E-state index contributed by atoms with van der Waals surface area (Å²) in [6.07, 6.45) is 0. The van der Waals surface area contributed by atoms with Crippen LogP contribution in [-0.2, 0) is 11.3 Å². The maximum Gasteiger partial charge on any atom is 0.262 e. The number of benzene rings is 3. The third kappa shape index (κ3) is 5.89. The summed E-state index contributed by atoms with van der Waals surface area (Å²) in [5, 5.41) is 6.87. The number of carbonyl (C=O) groups excluding carboxylic acids is 1. The zero-order valence-electron chi connectivity index (χ0n) is 14.7. The normalized spacial score (nSPS) is 10.4. The van der Waals surface area contributed by atoms with Gasteiger partial charge in [-0.3, -0.25) is 4.79 Å². The Morgan fingerprint density at radius 3 is 2.43 bits per heavy atom. The van der Waals surface area contributed by atoms with Crippen molar-refractivity contribution in [2.75, 3.05) is 17.2 Å². The van der Waals surface area contributed by atoms with Crippen molar-refractivity contribution in [2.45, 2.75) is 6.54 Å². The van der Waals surface area contributed by atoms with Crippen LogP contribution in [0.4, 0.5) is 11.4 Å². The van der Waals surface area contributed by atoms with E-state index in [9.17, 15) is 4.79 Å². The summed E-state index contributed by atoms with van der Waals surface area (Å²) in [5.74, 6) is 0.299. The van der Waals surface area contributed by atoms with Crippen LogP contribution < -0.4 is 15.4 Å². The van der Waals surface area contributed by atoms with Crippen molar-refractivity contribution in [3.8, 4) is 5.75 Å². The molecule has 3 aromatic carbocycles. The second-order valence-electron chi connectivity index (χ2n) is 5.95. The van der Waals surface area contributed by atoms with Gasteiger partial charge in [0.15, 0.2) is 6.61 Å². The summed E-state index contributed by atoms with van der Waals surface area (Å²) in [6, 6.07) is 20.6. The monoisotopic (exact) mass is 478 g/mol. The lowest BCUT2D eigenvalue weighted by Gasteiger charge is -2.11. The lowest BCUT2D eigenvalue weighted by atomic mass is 10.2. The molecule has 0 fully saturated rings. The molecular formula is C21H17BrCl2N2O2. The lowest BCUT2D eigenvalue weighted by Crippen LogP contribution is -2.20. The SMILES string of the molecule is O=C(COc1ccc(CNc2ccccc2)cc1Br)Nc1ccc(Cl)c(Cl)c1. The van der Waals surface area contributed by atoms with Gasteiger partial charge in [-0.25, -0.2) is 0 Å². The largest absolute Gasteiger partial charge is 0.483 e. The predicted octanol–water partition coefficient (Wildman–Crippen LogP) is 6.39. The molecule has 3 aromatic rings. The number of para-hydroxylation sites is 1. The minimum atomic E-state index is -0.292. The number of carbonyl (C=O) groups is 1. The highest BCUT2D eigenvalue weighted by Gasteiger charge is 2.08. The van der Waals surface area contributed by atoms with E-state index >= 15 is 0 Å². The maximum atomic E-state index is 12.1. The Kier molecular flexibility index (Phi) is 7.20. The van der Waals surface area contributed by atoms with Crippen molar-refractivity contribution >= 4 is 56.4 Å². The molecule has 0 aliphatic heterocycles. The topological polar surface area (TPSA) is 50.4 Å². The molecule has 2 N–H and O–H groups in total.